The molecule has 0 fully saturated rings. The molecule has 0 saturated carbocycles. The summed E-state index contributed by atoms with van der Waals surface area (Å²) in [4.78, 5) is 26.0. The van der Waals surface area contributed by atoms with Gasteiger partial charge in [-0.1, -0.05) is 0 Å². The summed E-state index contributed by atoms with van der Waals surface area (Å²) in [6.07, 6.45) is 3.22. The minimum atomic E-state index is -0.438. The summed E-state index contributed by atoms with van der Waals surface area (Å²) in [5.41, 5.74) is -0.0224. The normalized spacial score (nSPS) is 10.3. The Morgan fingerprint density at radius 2 is 1.71 bits per heavy atom. The van der Waals surface area contributed by atoms with E-state index in [9.17, 15) is 9.59 Å². The molecule has 0 atom stereocenters. The van der Waals surface area contributed by atoms with Gasteiger partial charge in [-0.3, -0.25) is 4.98 Å². The van der Waals surface area contributed by atoms with Gasteiger partial charge < -0.3 is 0 Å². The fourth-order valence-corrected chi connectivity index (χ4v) is 1.15. The third-order valence-electron chi connectivity index (χ3n) is 1.86. The van der Waals surface area contributed by atoms with Crippen LogP contribution in [0.3, 0.4) is 0 Å². The van der Waals surface area contributed by atoms with Crippen molar-refractivity contribution in [3.05, 3.63) is 51.1 Å². The van der Waals surface area contributed by atoms with Crippen LogP contribution in [0.5, 0.6) is 0 Å². The third-order valence-corrected chi connectivity index (χ3v) is 1.86. The van der Waals surface area contributed by atoms with Crippen LogP contribution in [0.15, 0.2) is 34.1 Å². The zero-order chi connectivity index (χ0) is 9.97. The second-order valence-corrected chi connectivity index (χ2v) is 2.80. The molecule has 6 heteroatoms. The van der Waals surface area contributed by atoms with Crippen LogP contribution in [0.2, 0.25) is 0 Å². The Bertz CT molecular complexity index is 495. The van der Waals surface area contributed by atoms with Crippen molar-refractivity contribution in [2.24, 2.45) is 0 Å². The second-order valence-electron chi connectivity index (χ2n) is 2.80. The van der Waals surface area contributed by atoms with Crippen LogP contribution in [-0.4, -0.2) is 19.7 Å². The van der Waals surface area contributed by atoms with Crippen molar-refractivity contribution in [3.8, 4) is 0 Å². The highest BCUT2D eigenvalue weighted by Gasteiger charge is 2.02. The smallest absolute Gasteiger partial charge is 0.265 e. The van der Waals surface area contributed by atoms with Gasteiger partial charge in [-0.15, -0.1) is 0 Å². The van der Waals surface area contributed by atoms with Gasteiger partial charge in [-0.25, -0.2) is 24.4 Å². The molecule has 0 radical (unpaired) electrons. The van der Waals surface area contributed by atoms with Gasteiger partial charge in [0.25, 0.3) is 0 Å². The van der Waals surface area contributed by atoms with Crippen LogP contribution >= 0.6 is 0 Å². The molecule has 2 rings (SSSR count). The number of nitrogens with zero attached hydrogens (tertiary/aromatic N) is 2. The molecule has 2 heterocycles. The van der Waals surface area contributed by atoms with E-state index < -0.39 is 11.4 Å². The molecule has 2 N–H and O–H groups in total. The number of hydrogen-bond acceptors (Lipinski definition) is 3. The zero-order valence-corrected chi connectivity index (χ0v) is 7.23. The van der Waals surface area contributed by atoms with E-state index in [2.05, 4.69) is 15.2 Å². The molecule has 2 aromatic rings. The molecule has 0 saturated heterocycles. The van der Waals surface area contributed by atoms with Crippen molar-refractivity contribution in [2.45, 2.75) is 6.54 Å². The van der Waals surface area contributed by atoms with Crippen molar-refractivity contribution in [1.29, 1.82) is 0 Å². The monoisotopic (exact) mass is 192 g/mol. The van der Waals surface area contributed by atoms with Crippen LogP contribution in [0.4, 0.5) is 0 Å². The van der Waals surface area contributed by atoms with E-state index in [1.54, 1.807) is 24.5 Å². The molecule has 14 heavy (non-hydrogen) atoms. The third kappa shape index (κ3) is 1.49. The lowest BCUT2D eigenvalue weighted by Gasteiger charge is -1.97. The maximum Gasteiger partial charge on any atom is 0.344 e. The van der Waals surface area contributed by atoms with Gasteiger partial charge in [-0.2, -0.15) is 0 Å². The first-order chi connectivity index (χ1) is 6.77. The summed E-state index contributed by atoms with van der Waals surface area (Å²) >= 11 is 0. The van der Waals surface area contributed by atoms with Gasteiger partial charge in [0, 0.05) is 12.4 Å². The van der Waals surface area contributed by atoms with Gasteiger partial charge >= 0.3 is 11.4 Å². The molecule has 0 unspecified atom stereocenters. The molecule has 0 aliphatic heterocycles. The van der Waals surface area contributed by atoms with Crippen molar-refractivity contribution in [3.63, 3.8) is 0 Å². The molecule has 72 valence electrons. The topological polar surface area (TPSA) is 83.5 Å². The Labute approximate surface area is 78.2 Å². The Morgan fingerprint density at radius 3 is 2.29 bits per heavy atom. The first-order valence-electron chi connectivity index (χ1n) is 4.04. The van der Waals surface area contributed by atoms with Crippen LogP contribution in [-0.2, 0) is 6.54 Å². The van der Waals surface area contributed by atoms with E-state index in [0.29, 0.717) is 0 Å². The molecule has 2 aromatic heterocycles. The summed E-state index contributed by atoms with van der Waals surface area (Å²) in [6, 6.07) is 3.50. The number of pyridine rings is 1. The maximum atomic E-state index is 11.1. The SMILES string of the molecule is O=c1[nH][nH]c(=O)n1Cc1ccncc1. The number of aromatic amines is 2. The lowest BCUT2D eigenvalue weighted by Crippen LogP contribution is -2.26. The molecule has 0 aliphatic carbocycles. The van der Waals surface area contributed by atoms with E-state index >= 15 is 0 Å². The van der Waals surface area contributed by atoms with Gasteiger partial charge in [0.05, 0.1) is 6.54 Å². The summed E-state index contributed by atoms with van der Waals surface area (Å²) in [6.45, 7) is 0.250. The molecular weight excluding hydrogens is 184 g/mol. The van der Waals surface area contributed by atoms with Crippen molar-refractivity contribution >= 4 is 0 Å². The van der Waals surface area contributed by atoms with Crippen molar-refractivity contribution < 1.29 is 0 Å². The Kier molecular flexibility index (Phi) is 2.02. The fraction of sp³-hybridized carbons (Fsp3) is 0.125. The van der Waals surface area contributed by atoms with E-state index in [1.807, 2.05) is 0 Å². The molecule has 0 amide bonds. The van der Waals surface area contributed by atoms with Crippen LogP contribution < -0.4 is 11.4 Å². The summed E-state index contributed by atoms with van der Waals surface area (Å²) < 4.78 is 1.08. The highest BCUT2D eigenvalue weighted by molar-refractivity contribution is 5.09. The standard InChI is InChI=1S/C8H8N4O2/c13-7-10-11-8(14)12(7)5-6-1-3-9-4-2-6/h1-4H,5H2,(H,10,13)(H,11,14). The number of nitrogens with one attached hydrogen (secondary N) is 2. The Hall–Kier alpha value is -2.11. The highest BCUT2D eigenvalue weighted by atomic mass is 16.2. The lowest BCUT2D eigenvalue weighted by atomic mass is 10.3. The predicted octanol–water partition coefficient (Wildman–Crippen LogP) is -0.692. The van der Waals surface area contributed by atoms with Gasteiger partial charge in [0.15, 0.2) is 0 Å². The minimum Gasteiger partial charge on any atom is -0.265 e. The molecule has 0 bridgehead atoms. The molecule has 6 nitrogen and oxygen atoms in total. The van der Waals surface area contributed by atoms with Crippen LogP contribution in [0, 0.1) is 0 Å². The number of aromatic nitrogens is 4. The summed E-state index contributed by atoms with van der Waals surface area (Å²) in [5, 5.41) is 4.42. The zero-order valence-electron chi connectivity index (χ0n) is 7.23. The average Bonchev–Trinajstić information content (AvgIpc) is 2.51. The van der Waals surface area contributed by atoms with E-state index in [4.69, 9.17) is 0 Å². The number of hydrogen-bond donors (Lipinski definition) is 2. The van der Waals surface area contributed by atoms with Crippen molar-refractivity contribution in [2.75, 3.05) is 0 Å². The van der Waals surface area contributed by atoms with E-state index in [1.165, 1.54) is 0 Å². The van der Waals surface area contributed by atoms with Gasteiger partial charge in [0.2, 0.25) is 0 Å². The average molecular weight is 192 g/mol. The molecule has 0 aliphatic rings. The lowest BCUT2D eigenvalue weighted by molar-refractivity contribution is 0.732. The number of H-pyrrole nitrogens is 2. The first kappa shape index (κ1) is 8.49. The first-order valence-corrected chi connectivity index (χ1v) is 4.04. The summed E-state index contributed by atoms with van der Waals surface area (Å²) in [5.74, 6) is 0. The number of rotatable bonds is 2. The predicted molar refractivity (Wildman–Crippen MR) is 49.0 cm³/mol. The molecule has 0 spiro atoms. The summed E-state index contributed by atoms with van der Waals surface area (Å²) in [7, 11) is 0. The van der Waals surface area contributed by atoms with Gasteiger partial charge in [0.1, 0.15) is 0 Å². The van der Waals surface area contributed by atoms with Crippen molar-refractivity contribution in [1.82, 2.24) is 19.7 Å². The molecule has 0 aromatic carbocycles. The Balaban J connectivity index is 2.37. The Morgan fingerprint density at radius 1 is 1.14 bits per heavy atom. The second kappa shape index (κ2) is 3.33. The van der Waals surface area contributed by atoms with E-state index in [0.717, 1.165) is 10.1 Å². The van der Waals surface area contributed by atoms with E-state index in [-0.39, 0.29) is 6.54 Å². The maximum absolute atomic E-state index is 11.1. The largest absolute Gasteiger partial charge is 0.344 e. The minimum absolute atomic E-state index is 0.250. The quantitative estimate of drug-likeness (QED) is 0.660. The molecular formula is C8H8N4O2. The fourth-order valence-electron chi connectivity index (χ4n) is 1.15. The van der Waals surface area contributed by atoms with Gasteiger partial charge in [-0.05, 0) is 17.7 Å². The van der Waals surface area contributed by atoms with Crippen LogP contribution in [0.25, 0.3) is 0 Å². The highest BCUT2D eigenvalue weighted by Crippen LogP contribution is 1.95. The van der Waals surface area contributed by atoms with Crippen LogP contribution in [0.1, 0.15) is 5.56 Å².